The van der Waals surface area contributed by atoms with Gasteiger partial charge in [0.05, 0.1) is 6.61 Å². The fraction of sp³-hybridized carbons (Fsp3) is 0.400. The van der Waals surface area contributed by atoms with Crippen molar-refractivity contribution in [3.63, 3.8) is 0 Å². The highest BCUT2D eigenvalue weighted by Crippen LogP contribution is 2.14. The Bertz CT molecular complexity index is 249. The first kappa shape index (κ1) is 7.62. The summed E-state index contributed by atoms with van der Waals surface area (Å²) in [6.07, 6.45) is 0.319. The monoisotopic (exact) mass is 163 g/mol. The van der Waals surface area contributed by atoms with Crippen molar-refractivity contribution in [1.82, 2.24) is 0 Å². The highest BCUT2D eigenvalue weighted by atomic mass is 16.6. The molecule has 2 heteroatoms. The summed E-state index contributed by atoms with van der Waals surface area (Å²) < 4.78 is 10.4. The van der Waals surface area contributed by atoms with Gasteiger partial charge in [0, 0.05) is 6.07 Å². The van der Waals surface area contributed by atoms with Crippen LogP contribution in [0.3, 0.4) is 0 Å². The molecular formula is C10H11O2. The van der Waals surface area contributed by atoms with Gasteiger partial charge >= 0.3 is 0 Å². The number of aryl methyl sites for hydroxylation is 1. The van der Waals surface area contributed by atoms with Gasteiger partial charge in [0.2, 0.25) is 0 Å². The number of hydrogen-bond acceptors (Lipinski definition) is 2. The van der Waals surface area contributed by atoms with Crippen LogP contribution in [-0.4, -0.2) is 19.3 Å². The summed E-state index contributed by atoms with van der Waals surface area (Å²) in [5, 5.41) is 0. The Morgan fingerprint density at radius 3 is 3.08 bits per heavy atom. The molecule has 1 radical (unpaired) electrons. The second-order valence-electron chi connectivity index (χ2n) is 3.00. The second kappa shape index (κ2) is 3.15. The van der Waals surface area contributed by atoms with E-state index < -0.39 is 0 Å². The lowest BCUT2D eigenvalue weighted by atomic mass is 10.2. The van der Waals surface area contributed by atoms with E-state index in [2.05, 4.69) is 6.07 Å². The summed E-state index contributed by atoms with van der Waals surface area (Å²) >= 11 is 0. The molecule has 2 nitrogen and oxygen atoms in total. The maximum atomic E-state index is 5.40. The molecule has 63 valence electrons. The van der Waals surface area contributed by atoms with Gasteiger partial charge in [0.25, 0.3) is 0 Å². The van der Waals surface area contributed by atoms with E-state index in [-0.39, 0.29) is 0 Å². The van der Waals surface area contributed by atoms with Crippen molar-refractivity contribution >= 4 is 0 Å². The number of ether oxygens (including phenoxy) is 2. The zero-order chi connectivity index (χ0) is 8.39. The van der Waals surface area contributed by atoms with Crippen molar-refractivity contribution in [2.24, 2.45) is 0 Å². The van der Waals surface area contributed by atoms with Gasteiger partial charge in [-0.2, -0.15) is 0 Å². The lowest BCUT2D eigenvalue weighted by Crippen LogP contribution is -2.03. The average molecular weight is 163 g/mol. The van der Waals surface area contributed by atoms with E-state index in [0.717, 1.165) is 12.4 Å². The molecule has 0 amide bonds. The summed E-state index contributed by atoms with van der Waals surface area (Å²) in [6.45, 7) is 3.52. The SMILES string of the molecule is Cc1c[c]c(OCC2CO2)cc1. The highest BCUT2D eigenvalue weighted by molar-refractivity contribution is 5.24. The molecule has 0 N–H and O–H groups in total. The predicted octanol–water partition coefficient (Wildman–Crippen LogP) is 1.57. The zero-order valence-electron chi connectivity index (χ0n) is 7.04. The third kappa shape index (κ3) is 1.98. The van der Waals surface area contributed by atoms with Crippen LogP contribution < -0.4 is 4.74 Å². The zero-order valence-corrected chi connectivity index (χ0v) is 7.04. The summed E-state index contributed by atoms with van der Waals surface area (Å²) in [6, 6.07) is 8.90. The molecule has 0 aliphatic carbocycles. The van der Waals surface area contributed by atoms with Gasteiger partial charge in [0.15, 0.2) is 0 Å². The maximum Gasteiger partial charge on any atom is 0.127 e. The topological polar surface area (TPSA) is 21.8 Å². The molecule has 1 heterocycles. The van der Waals surface area contributed by atoms with Crippen molar-refractivity contribution < 1.29 is 9.47 Å². The van der Waals surface area contributed by atoms with Gasteiger partial charge in [-0.3, -0.25) is 0 Å². The van der Waals surface area contributed by atoms with Crippen molar-refractivity contribution in [2.75, 3.05) is 13.2 Å². The third-order valence-electron chi connectivity index (χ3n) is 1.77. The van der Waals surface area contributed by atoms with Gasteiger partial charge in [-0.25, -0.2) is 0 Å². The molecular weight excluding hydrogens is 152 g/mol. The van der Waals surface area contributed by atoms with Crippen molar-refractivity contribution in [3.05, 3.63) is 29.8 Å². The molecule has 1 unspecified atom stereocenters. The molecule has 2 rings (SSSR count). The molecule has 1 aromatic rings. The molecule has 1 aliphatic rings. The van der Waals surface area contributed by atoms with Gasteiger partial charge in [-0.05, 0) is 19.1 Å². The van der Waals surface area contributed by atoms with E-state index in [1.165, 1.54) is 5.56 Å². The van der Waals surface area contributed by atoms with Crippen molar-refractivity contribution in [3.8, 4) is 5.75 Å². The summed E-state index contributed by atoms with van der Waals surface area (Å²) in [7, 11) is 0. The Morgan fingerprint density at radius 2 is 2.50 bits per heavy atom. The van der Waals surface area contributed by atoms with Crippen LogP contribution in [0.15, 0.2) is 18.2 Å². The molecule has 1 aromatic carbocycles. The van der Waals surface area contributed by atoms with Crippen LogP contribution in [0.2, 0.25) is 0 Å². The number of rotatable bonds is 3. The van der Waals surface area contributed by atoms with E-state index in [0.29, 0.717) is 12.7 Å². The lowest BCUT2D eigenvalue weighted by molar-refractivity contribution is 0.262. The number of epoxide rings is 1. The summed E-state index contributed by atoms with van der Waals surface area (Å²) in [5.41, 5.74) is 1.20. The minimum atomic E-state index is 0.319. The van der Waals surface area contributed by atoms with Crippen LogP contribution in [0, 0.1) is 13.0 Å². The van der Waals surface area contributed by atoms with Crippen LogP contribution in [0.5, 0.6) is 5.75 Å². The third-order valence-corrected chi connectivity index (χ3v) is 1.77. The smallest absolute Gasteiger partial charge is 0.127 e. The summed E-state index contributed by atoms with van der Waals surface area (Å²) in [4.78, 5) is 0. The Morgan fingerprint density at radius 1 is 1.67 bits per heavy atom. The van der Waals surface area contributed by atoms with Crippen LogP contribution in [0.1, 0.15) is 5.56 Å². The maximum absolute atomic E-state index is 5.40. The normalized spacial score (nSPS) is 20.6. The van der Waals surface area contributed by atoms with Crippen LogP contribution in [0.4, 0.5) is 0 Å². The molecule has 0 saturated carbocycles. The van der Waals surface area contributed by atoms with E-state index in [1.807, 2.05) is 25.1 Å². The average Bonchev–Trinajstić information content (AvgIpc) is 2.87. The minimum absolute atomic E-state index is 0.319. The van der Waals surface area contributed by atoms with Crippen LogP contribution >= 0.6 is 0 Å². The molecule has 12 heavy (non-hydrogen) atoms. The van der Waals surface area contributed by atoms with Gasteiger partial charge in [-0.15, -0.1) is 0 Å². The first-order chi connectivity index (χ1) is 5.84. The molecule has 0 bridgehead atoms. The molecule has 1 fully saturated rings. The second-order valence-corrected chi connectivity index (χ2v) is 3.00. The Kier molecular flexibility index (Phi) is 2.00. The fourth-order valence-electron chi connectivity index (χ4n) is 0.925. The van der Waals surface area contributed by atoms with E-state index in [9.17, 15) is 0 Å². The fourth-order valence-corrected chi connectivity index (χ4v) is 0.925. The number of benzene rings is 1. The van der Waals surface area contributed by atoms with E-state index in [1.54, 1.807) is 0 Å². The lowest BCUT2D eigenvalue weighted by Gasteiger charge is -2.02. The first-order valence-corrected chi connectivity index (χ1v) is 4.07. The Labute approximate surface area is 72.1 Å². The van der Waals surface area contributed by atoms with Gasteiger partial charge in [0.1, 0.15) is 18.5 Å². The van der Waals surface area contributed by atoms with Gasteiger partial charge in [-0.1, -0.05) is 11.6 Å². The van der Waals surface area contributed by atoms with E-state index in [4.69, 9.17) is 9.47 Å². The van der Waals surface area contributed by atoms with E-state index >= 15 is 0 Å². The molecule has 0 spiro atoms. The Balaban J connectivity index is 1.89. The van der Waals surface area contributed by atoms with Crippen LogP contribution in [-0.2, 0) is 4.74 Å². The van der Waals surface area contributed by atoms with Crippen LogP contribution in [0.25, 0.3) is 0 Å². The summed E-state index contributed by atoms with van der Waals surface area (Å²) in [5.74, 6) is 0.802. The Hall–Kier alpha value is -1.02. The molecule has 1 atom stereocenters. The predicted molar refractivity (Wildman–Crippen MR) is 45.3 cm³/mol. The largest absolute Gasteiger partial charge is 0.490 e. The van der Waals surface area contributed by atoms with Crippen molar-refractivity contribution in [1.29, 1.82) is 0 Å². The minimum Gasteiger partial charge on any atom is -0.490 e. The first-order valence-electron chi connectivity index (χ1n) is 4.07. The quantitative estimate of drug-likeness (QED) is 0.631. The standard InChI is InChI=1S/C10H11O2/c1-8-2-4-9(5-3-8)11-6-10-7-12-10/h2-4,10H,6-7H2,1H3. The molecule has 1 aliphatic heterocycles. The van der Waals surface area contributed by atoms with Crippen molar-refractivity contribution in [2.45, 2.75) is 13.0 Å². The molecule has 0 aromatic heterocycles. The number of hydrogen-bond donors (Lipinski definition) is 0. The van der Waals surface area contributed by atoms with Gasteiger partial charge < -0.3 is 9.47 Å². The molecule has 1 saturated heterocycles. The highest BCUT2D eigenvalue weighted by Gasteiger charge is 2.22.